The second-order valence-electron chi connectivity index (χ2n) is 11.6. The summed E-state index contributed by atoms with van der Waals surface area (Å²) in [7, 11) is 0. The fourth-order valence-corrected chi connectivity index (χ4v) is 6.07. The van der Waals surface area contributed by atoms with Crippen molar-refractivity contribution in [3.05, 3.63) is 108 Å². The maximum absolute atomic E-state index is 13.1. The Hall–Kier alpha value is -4.04. The average molecular weight is 588 g/mol. The first kappa shape index (κ1) is 29.1. The van der Waals surface area contributed by atoms with Crippen LogP contribution in [0.3, 0.4) is 0 Å². The number of ether oxygens (including phenoxy) is 1. The van der Waals surface area contributed by atoms with Crippen molar-refractivity contribution in [1.29, 1.82) is 0 Å². The Kier molecular flexibility index (Phi) is 8.56. The number of anilines is 1. The summed E-state index contributed by atoms with van der Waals surface area (Å²) in [6.07, 6.45) is -0.909. The maximum atomic E-state index is 13.1. The van der Waals surface area contributed by atoms with Gasteiger partial charge in [0, 0.05) is 62.9 Å². The molecule has 5 nitrogen and oxygen atoms in total. The number of hydrogen-bond donors (Lipinski definition) is 1. The average Bonchev–Trinajstić information content (AvgIpc) is 3.02. The summed E-state index contributed by atoms with van der Waals surface area (Å²) in [5, 5.41) is 5.22. The van der Waals surface area contributed by atoms with E-state index in [2.05, 4.69) is 39.4 Å². The zero-order valence-corrected chi connectivity index (χ0v) is 24.0. The van der Waals surface area contributed by atoms with Gasteiger partial charge in [0.1, 0.15) is 11.9 Å². The Bertz CT molecular complexity index is 1530. The van der Waals surface area contributed by atoms with Gasteiger partial charge in [-0.25, -0.2) is 0 Å². The number of alkyl halides is 3. The number of piperidine rings is 2. The molecule has 6 rings (SSSR count). The molecular weight excluding hydrogens is 551 g/mol. The molecule has 1 N–H and O–H groups in total. The van der Waals surface area contributed by atoms with Gasteiger partial charge in [-0.15, -0.1) is 0 Å². The number of hydrogen-bond acceptors (Lipinski definition) is 4. The number of carbonyl (C=O) groups excluding carboxylic acids is 1. The molecule has 0 saturated carbocycles. The fourth-order valence-electron chi connectivity index (χ4n) is 6.07. The molecule has 0 aromatic heterocycles. The van der Waals surface area contributed by atoms with Gasteiger partial charge in [-0.3, -0.25) is 9.69 Å². The Balaban J connectivity index is 1.01. The van der Waals surface area contributed by atoms with E-state index in [1.165, 1.54) is 17.7 Å². The van der Waals surface area contributed by atoms with Crippen molar-refractivity contribution in [2.24, 2.45) is 0 Å². The third kappa shape index (κ3) is 7.31. The van der Waals surface area contributed by atoms with Gasteiger partial charge in [-0.05, 0) is 77.7 Å². The lowest BCUT2D eigenvalue weighted by molar-refractivity contribution is -0.137. The molecule has 8 heteroatoms. The van der Waals surface area contributed by atoms with E-state index >= 15 is 0 Å². The summed E-state index contributed by atoms with van der Waals surface area (Å²) in [5.74, 6) is 0.703. The molecule has 0 radical (unpaired) electrons. The molecule has 1 amide bonds. The van der Waals surface area contributed by atoms with E-state index in [1.54, 1.807) is 0 Å². The van der Waals surface area contributed by atoms with Crippen LogP contribution in [0.15, 0.2) is 91.0 Å². The molecule has 43 heavy (non-hydrogen) atoms. The van der Waals surface area contributed by atoms with E-state index in [0.717, 1.165) is 79.7 Å². The molecule has 2 aliphatic heterocycles. The van der Waals surface area contributed by atoms with E-state index in [9.17, 15) is 18.0 Å². The van der Waals surface area contributed by atoms with Crippen LogP contribution in [0.25, 0.3) is 10.8 Å². The minimum absolute atomic E-state index is 0.0161. The normalized spacial score (nSPS) is 17.2. The smallest absolute Gasteiger partial charge is 0.416 e. The van der Waals surface area contributed by atoms with E-state index in [4.69, 9.17) is 4.74 Å². The molecule has 2 fully saturated rings. The molecule has 0 bridgehead atoms. The number of nitrogens with zero attached hydrogens (tertiary/aromatic N) is 2. The second kappa shape index (κ2) is 12.7. The van der Waals surface area contributed by atoms with Gasteiger partial charge in [0.25, 0.3) is 5.91 Å². The number of nitrogens with one attached hydrogen (secondary N) is 1. The SMILES string of the molecule is O=C(NC1CCN(Cc2ccccc2)CC1)c1ccc2ccc(OC3CCN(c4ccc(C(F)(F)F)cc4)CC3)cc2c1. The van der Waals surface area contributed by atoms with E-state index in [-0.39, 0.29) is 18.1 Å². The molecule has 0 unspecified atom stereocenters. The zero-order chi connectivity index (χ0) is 29.8. The predicted molar refractivity (Wildman–Crippen MR) is 163 cm³/mol. The molecular formula is C35H36F3N3O2. The highest BCUT2D eigenvalue weighted by molar-refractivity contribution is 5.99. The number of fused-ring (bicyclic) bond motifs is 1. The minimum atomic E-state index is -4.33. The van der Waals surface area contributed by atoms with Gasteiger partial charge < -0.3 is 15.0 Å². The van der Waals surface area contributed by atoms with E-state index < -0.39 is 11.7 Å². The van der Waals surface area contributed by atoms with Crippen LogP contribution in [0, 0.1) is 0 Å². The van der Waals surface area contributed by atoms with Gasteiger partial charge in [-0.2, -0.15) is 13.2 Å². The first-order valence-electron chi connectivity index (χ1n) is 15.0. The first-order chi connectivity index (χ1) is 20.8. The minimum Gasteiger partial charge on any atom is -0.490 e. The molecule has 2 saturated heterocycles. The van der Waals surface area contributed by atoms with Gasteiger partial charge >= 0.3 is 6.18 Å². The highest BCUT2D eigenvalue weighted by Crippen LogP contribution is 2.32. The van der Waals surface area contributed by atoms with Crippen LogP contribution < -0.4 is 15.0 Å². The van der Waals surface area contributed by atoms with Crippen molar-refractivity contribution >= 4 is 22.4 Å². The molecule has 4 aromatic carbocycles. The van der Waals surface area contributed by atoms with Crippen molar-refractivity contribution in [1.82, 2.24) is 10.2 Å². The molecule has 0 aliphatic carbocycles. The fraction of sp³-hybridized carbons (Fsp3) is 0.343. The predicted octanol–water partition coefficient (Wildman–Crippen LogP) is 7.30. The highest BCUT2D eigenvalue weighted by atomic mass is 19.4. The Morgan fingerprint density at radius 1 is 0.791 bits per heavy atom. The molecule has 0 spiro atoms. The topological polar surface area (TPSA) is 44.8 Å². The van der Waals surface area contributed by atoms with Crippen molar-refractivity contribution in [2.75, 3.05) is 31.1 Å². The van der Waals surface area contributed by atoms with E-state index in [1.807, 2.05) is 42.5 Å². The van der Waals surface area contributed by atoms with Crippen LogP contribution in [0.2, 0.25) is 0 Å². The van der Waals surface area contributed by atoms with Crippen molar-refractivity contribution in [2.45, 2.75) is 50.6 Å². The number of halogens is 3. The van der Waals surface area contributed by atoms with Gasteiger partial charge in [-0.1, -0.05) is 42.5 Å². The lowest BCUT2D eigenvalue weighted by Crippen LogP contribution is -2.44. The van der Waals surface area contributed by atoms with Crippen LogP contribution in [-0.2, 0) is 12.7 Å². The molecule has 2 heterocycles. The molecule has 2 aliphatic rings. The summed E-state index contributed by atoms with van der Waals surface area (Å²) in [6, 6.07) is 27.7. The van der Waals surface area contributed by atoms with Crippen LogP contribution in [0.4, 0.5) is 18.9 Å². The quantitative estimate of drug-likeness (QED) is 0.247. The van der Waals surface area contributed by atoms with Gasteiger partial charge in [0.05, 0.1) is 5.56 Å². The van der Waals surface area contributed by atoms with Crippen LogP contribution in [0.1, 0.15) is 47.2 Å². The third-order valence-electron chi connectivity index (χ3n) is 8.55. The molecule has 4 aromatic rings. The number of amides is 1. The summed E-state index contributed by atoms with van der Waals surface area (Å²) in [5.41, 5.74) is 2.11. The highest BCUT2D eigenvalue weighted by Gasteiger charge is 2.30. The number of likely N-dealkylation sites (tertiary alicyclic amines) is 1. The van der Waals surface area contributed by atoms with Crippen LogP contribution >= 0.6 is 0 Å². The zero-order valence-electron chi connectivity index (χ0n) is 24.0. The molecule has 0 atom stereocenters. The van der Waals surface area contributed by atoms with Gasteiger partial charge in [0.2, 0.25) is 0 Å². The summed E-state index contributed by atoms with van der Waals surface area (Å²) in [4.78, 5) is 17.7. The van der Waals surface area contributed by atoms with Crippen LogP contribution in [-0.4, -0.2) is 49.1 Å². The monoisotopic (exact) mass is 587 g/mol. The Labute approximate surface area is 250 Å². The molecule has 224 valence electrons. The summed E-state index contributed by atoms with van der Waals surface area (Å²) >= 11 is 0. The lowest BCUT2D eigenvalue weighted by Gasteiger charge is -2.34. The number of benzene rings is 4. The van der Waals surface area contributed by atoms with Crippen molar-refractivity contribution in [3.63, 3.8) is 0 Å². The summed E-state index contributed by atoms with van der Waals surface area (Å²) < 4.78 is 45.0. The lowest BCUT2D eigenvalue weighted by atomic mass is 10.0. The Morgan fingerprint density at radius 3 is 2.19 bits per heavy atom. The Morgan fingerprint density at radius 2 is 1.49 bits per heavy atom. The van der Waals surface area contributed by atoms with Gasteiger partial charge in [0.15, 0.2) is 0 Å². The van der Waals surface area contributed by atoms with Crippen molar-refractivity contribution in [3.8, 4) is 5.75 Å². The standard InChI is InChI=1S/C35H36F3N3O2/c36-35(37,38)29-9-11-31(12-10-29)41-20-16-32(17-21-41)43-33-13-8-26-6-7-27(22-28(26)23-33)34(42)39-30-14-18-40(19-15-30)24-25-4-2-1-3-5-25/h1-13,22-23,30,32H,14-21,24H2,(H,39,42). The summed E-state index contributed by atoms with van der Waals surface area (Å²) in [6.45, 7) is 4.27. The van der Waals surface area contributed by atoms with Crippen LogP contribution in [0.5, 0.6) is 5.75 Å². The second-order valence-corrected chi connectivity index (χ2v) is 11.6. The maximum Gasteiger partial charge on any atom is 0.416 e. The number of rotatable bonds is 7. The number of carbonyl (C=O) groups is 1. The van der Waals surface area contributed by atoms with E-state index in [0.29, 0.717) is 18.7 Å². The largest absolute Gasteiger partial charge is 0.490 e. The third-order valence-corrected chi connectivity index (χ3v) is 8.55. The van der Waals surface area contributed by atoms with Crippen molar-refractivity contribution < 1.29 is 22.7 Å². The first-order valence-corrected chi connectivity index (χ1v) is 15.0.